The Kier molecular flexibility index (Phi) is 39.6. The first-order valence-corrected chi connectivity index (χ1v) is 21.4. The molecule has 0 saturated carbocycles. The minimum Gasteiger partial charge on any atom is -0.393 e. The number of carbonyl (C=O) groups excluding carboxylic acids is 2. The van der Waals surface area contributed by atoms with Gasteiger partial charge in [0.1, 0.15) is 0 Å². The summed E-state index contributed by atoms with van der Waals surface area (Å²) in [5.74, 6) is -0.640. The highest BCUT2D eigenvalue weighted by atomic mass is 16.6. The molecule has 3 nitrogen and oxygen atoms in total. The Balaban J connectivity index is 3.25. The zero-order valence-corrected chi connectivity index (χ0v) is 31.8. The van der Waals surface area contributed by atoms with Crippen molar-refractivity contribution in [1.29, 1.82) is 0 Å². The lowest BCUT2D eigenvalue weighted by molar-refractivity contribution is -0.159. The van der Waals surface area contributed by atoms with Gasteiger partial charge in [0, 0.05) is 12.8 Å². The molecule has 0 spiro atoms. The van der Waals surface area contributed by atoms with E-state index in [0.29, 0.717) is 12.8 Å². The predicted octanol–water partition coefficient (Wildman–Crippen LogP) is 15.3. The molecule has 0 aliphatic heterocycles. The predicted molar refractivity (Wildman–Crippen MR) is 203 cm³/mol. The van der Waals surface area contributed by atoms with Gasteiger partial charge in [-0.3, -0.25) is 9.59 Å². The van der Waals surface area contributed by atoms with E-state index in [1.165, 1.54) is 212 Å². The third kappa shape index (κ3) is 39.3. The van der Waals surface area contributed by atoms with Crippen molar-refractivity contribution in [2.75, 3.05) is 0 Å². The van der Waals surface area contributed by atoms with Crippen molar-refractivity contribution >= 4 is 11.9 Å². The van der Waals surface area contributed by atoms with Gasteiger partial charge in [0.05, 0.1) is 0 Å². The van der Waals surface area contributed by atoms with Gasteiger partial charge in [-0.05, 0) is 12.8 Å². The van der Waals surface area contributed by atoms with Crippen molar-refractivity contribution in [3.05, 3.63) is 0 Å². The summed E-state index contributed by atoms with van der Waals surface area (Å²) >= 11 is 0. The SMILES string of the molecule is CCCCCCCCCCCCCCCCCCCCCC(=O)OC(=O)CCCCCCCCCCCCCCCCCCCC. The van der Waals surface area contributed by atoms with Crippen molar-refractivity contribution < 1.29 is 14.3 Å². The summed E-state index contributed by atoms with van der Waals surface area (Å²) in [6, 6.07) is 0. The summed E-state index contributed by atoms with van der Waals surface area (Å²) in [5, 5.41) is 0. The Morgan fingerprint density at radius 2 is 0.413 bits per heavy atom. The van der Waals surface area contributed by atoms with Crippen LogP contribution in [-0.2, 0) is 14.3 Å². The Bertz CT molecular complexity index is 601. The highest BCUT2D eigenvalue weighted by molar-refractivity contribution is 5.85. The fourth-order valence-corrected chi connectivity index (χ4v) is 6.75. The van der Waals surface area contributed by atoms with Crippen LogP contribution in [0.15, 0.2) is 0 Å². The summed E-state index contributed by atoms with van der Waals surface area (Å²) < 4.78 is 5.04. The minimum absolute atomic E-state index is 0.320. The van der Waals surface area contributed by atoms with Crippen LogP contribution in [0.2, 0.25) is 0 Å². The van der Waals surface area contributed by atoms with E-state index < -0.39 is 0 Å². The van der Waals surface area contributed by atoms with Crippen LogP contribution in [0.5, 0.6) is 0 Å². The largest absolute Gasteiger partial charge is 0.393 e. The molecule has 0 amide bonds. The van der Waals surface area contributed by atoms with Crippen LogP contribution >= 0.6 is 0 Å². The molecule has 0 aliphatic rings. The lowest BCUT2D eigenvalue weighted by Gasteiger charge is -2.05. The van der Waals surface area contributed by atoms with Crippen LogP contribution in [0.3, 0.4) is 0 Å². The number of ether oxygens (including phenoxy) is 1. The topological polar surface area (TPSA) is 43.4 Å². The van der Waals surface area contributed by atoms with E-state index in [9.17, 15) is 9.59 Å². The molecule has 0 fully saturated rings. The molecule has 46 heavy (non-hydrogen) atoms. The summed E-state index contributed by atoms with van der Waals surface area (Å²) in [4.78, 5) is 24.0. The first-order valence-electron chi connectivity index (χ1n) is 21.4. The van der Waals surface area contributed by atoms with E-state index in [4.69, 9.17) is 4.74 Å². The van der Waals surface area contributed by atoms with Gasteiger partial charge in [-0.2, -0.15) is 0 Å². The fourth-order valence-electron chi connectivity index (χ4n) is 6.75. The maximum atomic E-state index is 12.0. The third-order valence-corrected chi connectivity index (χ3v) is 9.95. The van der Waals surface area contributed by atoms with Crippen LogP contribution in [-0.4, -0.2) is 11.9 Å². The number of unbranched alkanes of at least 4 members (excludes halogenated alkanes) is 35. The zero-order valence-electron chi connectivity index (χ0n) is 31.8. The van der Waals surface area contributed by atoms with Crippen LogP contribution in [0.25, 0.3) is 0 Å². The Morgan fingerprint density at radius 3 is 0.587 bits per heavy atom. The van der Waals surface area contributed by atoms with E-state index in [0.717, 1.165) is 25.7 Å². The molecule has 0 N–H and O–H groups in total. The molecule has 0 atom stereocenters. The van der Waals surface area contributed by atoms with Gasteiger partial charge < -0.3 is 4.74 Å². The maximum Gasteiger partial charge on any atom is 0.313 e. The average Bonchev–Trinajstić information content (AvgIpc) is 3.05. The van der Waals surface area contributed by atoms with Crippen molar-refractivity contribution in [2.24, 2.45) is 0 Å². The van der Waals surface area contributed by atoms with Crippen molar-refractivity contribution in [3.63, 3.8) is 0 Å². The number of rotatable bonds is 39. The highest BCUT2D eigenvalue weighted by Crippen LogP contribution is 2.17. The van der Waals surface area contributed by atoms with Crippen LogP contribution in [0.1, 0.15) is 264 Å². The van der Waals surface area contributed by atoms with Gasteiger partial charge in [0.25, 0.3) is 0 Å². The molecule has 0 heterocycles. The van der Waals surface area contributed by atoms with Crippen molar-refractivity contribution in [2.45, 2.75) is 264 Å². The Labute approximate surface area is 290 Å². The molecule has 0 rings (SSSR count). The van der Waals surface area contributed by atoms with E-state index in [1.807, 2.05) is 0 Å². The van der Waals surface area contributed by atoms with Crippen molar-refractivity contribution in [1.82, 2.24) is 0 Å². The summed E-state index contributed by atoms with van der Waals surface area (Å²) in [6.07, 6.45) is 50.4. The standard InChI is InChI=1S/C43H84O3/c1-3-5-7-9-11-13-15-17-19-21-23-25-27-29-31-33-35-37-39-41-43(45)46-42(44)40-38-36-34-32-30-28-26-24-22-20-18-16-14-12-10-8-6-4-2/h3-41H2,1-2H3. The third-order valence-electron chi connectivity index (χ3n) is 9.95. The Hall–Kier alpha value is -0.860. The monoisotopic (exact) mass is 649 g/mol. The molecule has 3 heteroatoms. The molecule has 274 valence electrons. The number of hydrogen-bond donors (Lipinski definition) is 0. The number of esters is 2. The molecule has 0 unspecified atom stereocenters. The minimum atomic E-state index is -0.320. The molecule has 0 radical (unpaired) electrons. The van der Waals surface area contributed by atoms with Gasteiger partial charge in [0.15, 0.2) is 0 Å². The number of carbonyl (C=O) groups is 2. The van der Waals surface area contributed by atoms with Crippen LogP contribution < -0.4 is 0 Å². The summed E-state index contributed by atoms with van der Waals surface area (Å²) in [7, 11) is 0. The second-order valence-corrected chi connectivity index (χ2v) is 14.7. The van der Waals surface area contributed by atoms with Gasteiger partial charge in [-0.15, -0.1) is 0 Å². The molecule has 0 aromatic rings. The normalized spacial score (nSPS) is 11.3. The highest BCUT2D eigenvalue weighted by Gasteiger charge is 2.10. The van der Waals surface area contributed by atoms with E-state index in [2.05, 4.69) is 13.8 Å². The van der Waals surface area contributed by atoms with E-state index >= 15 is 0 Å². The van der Waals surface area contributed by atoms with Crippen LogP contribution in [0.4, 0.5) is 0 Å². The number of hydrogen-bond acceptors (Lipinski definition) is 3. The van der Waals surface area contributed by atoms with Gasteiger partial charge in [-0.1, -0.05) is 239 Å². The molecule has 0 aliphatic carbocycles. The fraction of sp³-hybridized carbons (Fsp3) is 0.953. The molecule has 0 aromatic heterocycles. The Morgan fingerprint density at radius 1 is 0.261 bits per heavy atom. The second-order valence-electron chi connectivity index (χ2n) is 14.7. The molecule has 0 aromatic carbocycles. The van der Waals surface area contributed by atoms with E-state index in [-0.39, 0.29) is 11.9 Å². The first-order chi connectivity index (χ1) is 22.7. The lowest BCUT2D eigenvalue weighted by Crippen LogP contribution is -2.11. The lowest BCUT2D eigenvalue weighted by atomic mass is 10.0. The molecular weight excluding hydrogens is 564 g/mol. The molecular formula is C43H84O3. The molecule has 0 bridgehead atoms. The van der Waals surface area contributed by atoms with Crippen molar-refractivity contribution in [3.8, 4) is 0 Å². The zero-order chi connectivity index (χ0) is 33.4. The second kappa shape index (κ2) is 40.3. The summed E-state index contributed by atoms with van der Waals surface area (Å²) in [6.45, 7) is 4.58. The average molecular weight is 649 g/mol. The quantitative estimate of drug-likeness (QED) is 0.0378. The smallest absolute Gasteiger partial charge is 0.313 e. The van der Waals surface area contributed by atoms with E-state index in [1.54, 1.807) is 0 Å². The van der Waals surface area contributed by atoms with Gasteiger partial charge in [-0.25, -0.2) is 0 Å². The van der Waals surface area contributed by atoms with Gasteiger partial charge in [0.2, 0.25) is 0 Å². The summed E-state index contributed by atoms with van der Waals surface area (Å²) in [5.41, 5.74) is 0. The maximum absolute atomic E-state index is 12.0. The first kappa shape index (κ1) is 45.1. The molecule has 0 saturated heterocycles. The van der Waals surface area contributed by atoms with Gasteiger partial charge >= 0.3 is 11.9 Å². The van der Waals surface area contributed by atoms with Crippen LogP contribution in [0, 0.1) is 0 Å².